The normalized spacial score (nSPS) is 18.5. The summed E-state index contributed by atoms with van der Waals surface area (Å²) in [6.45, 7) is 10.9. The number of rotatable bonds is 5. The van der Waals surface area contributed by atoms with Crippen molar-refractivity contribution in [3.8, 4) is 0 Å². The minimum Gasteiger partial charge on any atom is -0.361 e. The molecule has 1 aliphatic heterocycles. The molecule has 0 bridgehead atoms. The van der Waals surface area contributed by atoms with Gasteiger partial charge in [0.1, 0.15) is 0 Å². The van der Waals surface area contributed by atoms with Gasteiger partial charge in [-0.3, -0.25) is 4.90 Å². The van der Waals surface area contributed by atoms with Gasteiger partial charge in [-0.25, -0.2) is 0 Å². The highest BCUT2D eigenvalue weighted by atomic mass is 35.5. The van der Waals surface area contributed by atoms with Gasteiger partial charge in [0.05, 0.1) is 16.8 Å². The molecule has 1 saturated heterocycles. The van der Waals surface area contributed by atoms with E-state index >= 15 is 0 Å². The molecule has 0 amide bonds. The zero-order chi connectivity index (χ0) is 18.7. The largest absolute Gasteiger partial charge is 0.361 e. The minimum absolute atomic E-state index is 0.286. The van der Waals surface area contributed by atoms with E-state index in [0.717, 1.165) is 47.8 Å². The van der Waals surface area contributed by atoms with Crippen molar-refractivity contribution < 1.29 is 0 Å². The first-order valence-corrected chi connectivity index (χ1v) is 10.2. The Morgan fingerprint density at radius 2 is 1.77 bits per heavy atom. The Bertz CT molecular complexity index is 727. The van der Waals surface area contributed by atoms with E-state index in [0.29, 0.717) is 0 Å². The molecule has 1 atom stereocenters. The van der Waals surface area contributed by atoms with Crippen molar-refractivity contribution in [2.75, 3.05) is 31.1 Å². The predicted molar refractivity (Wildman–Crippen MR) is 114 cm³/mol. The van der Waals surface area contributed by atoms with Crippen LogP contribution < -0.4 is 4.90 Å². The fraction of sp³-hybridized carbons (Fsp3) is 0.455. The second-order valence-corrected chi connectivity index (χ2v) is 8.54. The number of hydrogen-bond acceptors (Lipinski definition) is 2. The third-order valence-corrected chi connectivity index (χ3v) is 5.71. The average molecular weight is 391 g/mol. The first-order chi connectivity index (χ1) is 12.4. The Morgan fingerprint density at radius 3 is 2.42 bits per heavy atom. The summed E-state index contributed by atoms with van der Waals surface area (Å²) in [5, 5.41) is 1.61. The van der Waals surface area contributed by atoms with Crippen LogP contribution in [-0.2, 0) is 0 Å². The average Bonchev–Trinajstić information content (AvgIpc) is 2.61. The first kappa shape index (κ1) is 19.5. The van der Waals surface area contributed by atoms with Gasteiger partial charge < -0.3 is 4.90 Å². The summed E-state index contributed by atoms with van der Waals surface area (Å²) < 4.78 is 0. The Hall–Kier alpha value is -1.22. The van der Waals surface area contributed by atoms with Crippen molar-refractivity contribution in [3.05, 3.63) is 63.6 Å². The molecular formula is C22H28Cl2N2. The van der Waals surface area contributed by atoms with Crippen LogP contribution in [0.4, 0.5) is 5.69 Å². The van der Waals surface area contributed by atoms with Crippen molar-refractivity contribution in [3.63, 3.8) is 0 Å². The number of nitrogens with zero attached hydrogens (tertiary/aromatic N) is 2. The number of hydrogen-bond donors (Lipinski definition) is 0. The van der Waals surface area contributed by atoms with Crippen LogP contribution >= 0.6 is 23.2 Å². The lowest BCUT2D eigenvalue weighted by molar-refractivity contribution is 0.212. The second-order valence-electron chi connectivity index (χ2n) is 7.70. The molecule has 1 aliphatic rings. The van der Waals surface area contributed by atoms with Gasteiger partial charge in [0.2, 0.25) is 0 Å². The van der Waals surface area contributed by atoms with E-state index < -0.39 is 0 Å². The lowest BCUT2D eigenvalue weighted by Gasteiger charge is -2.43. The van der Waals surface area contributed by atoms with Crippen LogP contribution in [0.25, 0.3) is 0 Å². The van der Waals surface area contributed by atoms with E-state index in [9.17, 15) is 0 Å². The molecule has 0 aromatic heterocycles. The molecule has 3 rings (SSSR count). The zero-order valence-electron chi connectivity index (χ0n) is 15.9. The van der Waals surface area contributed by atoms with Gasteiger partial charge >= 0.3 is 0 Å². The van der Waals surface area contributed by atoms with Crippen LogP contribution in [0.2, 0.25) is 10.0 Å². The Labute approximate surface area is 167 Å². The van der Waals surface area contributed by atoms with Crippen molar-refractivity contribution in [2.24, 2.45) is 5.92 Å². The fourth-order valence-electron chi connectivity index (χ4n) is 3.59. The van der Waals surface area contributed by atoms with Crippen LogP contribution in [-0.4, -0.2) is 31.1 Å². The fourth-order valence-corrected chi connectivity index (χ4v) is 4.06. The number of anilines is 1. The third-order valence-electron chi connectivity index (χ3n) is 5.15. The highest BCUT2D eigenvalue weighted by Gasteiger charge is 2.29. The molecule has 1 heterocycles. The third kappa shape index (κ3) is 4.73. The molecule has 4 heteroatoms. The van der Waals surface area contributed by atoms with E-state index in [1.54, 1.807) is 0 Å². The van der Waals surface area contributed by atoms with Crippen molar-refractivity contribution in [2.45, 2.75) is 33.2 Å². The van der Waals surface area contributed by atoms with Crippen LogP contribution in [0.15, 0.2) is 42.5 Å². The topological polar surface area (TPSA) is 6.48 Å². The molecule has 0 spiro atoms. The molecular weight excluding hydrogens is 363 g/mol. The summed E-state index contributed by atoms with van der Waals surface area (Å²) >= 11 is 12.7. The molecule has 2 aromatic carbocycles. The second kappa shape index (κ2) is 8.65. The first-order valence-electron chi connectivity index (χ1n) is 9.44. The standard InChI is InChI=1S/C22H28Cl2N2/c1-16(2)10-11-25-12-13-26(21-9-4-17(3)14-20(21)24)22(15-25)18-5-7-19(23)8-6-18/h4-9,14,16,22H,10-13,15H2,1-3H3. The van der Waals surface area contributed by atoms with Gasteiger partial charge in [-0.2, -0.15) is 0 Å². The molecule has 0 N–H and O–H groups in total. The maximum absolute atomic E-state index is 6.60. The summed E-state index contributed by atoms with van der Waals surface area (Å²) in [5.74, 6) is 0.730. The van der Waals surface area contributed by atoms with Gasteiger partial charge in [-0.05, 0) is 61.2 Å². The summed E-state index contributed by atoms with van der Waals surface area (Å²) in [4.78, 5) is 5.04. The van der Waals surface area contributed by atoms with E-state index in [4.69, 9.17) is 23.2 Å². The van der Waals surface area contributed by atoms with Gasteiger partial charge in [0.15, 0.2) is 0 Å². The monoisotopic (exact) mass is 390 g/mol. The Morgan fingerprint density at radius 1 is 1.04 bits per heavy atom. The van der Waals surface area contributed by atoms with Crippen LogP contribution in [0.1, 0.15) is 37.4 Å². The summed E-state index contributed by atoms with van der Waals surface area (Å²) in [5.41, 5.74) is 3.61. The van der Waals surface area contributed by atoms with E-state index in [1.807, 2.05) is 12.1 Å². The molecule has 0 radical (unpaired) electrons. The summed E-state index contributed by atoms with van der Waals surface area (Å²) in [6.07, 6.45) is 1.23. The van der Waals surface area contributed by atoms with E-state index in [-0.39, 0.29) is 6.04 Å². The molecule has 2 nitrogen and oxygen atoms in total. The SMILES string of the molecule is Cc1ccc(N2CCN(CCC(C)C)CC2c2ccc(Cl)cc2)c(Cl)c1. The van der Waals surface area contributed by atoms with Crippen molar-refractivity contribution >= 4 is 28.9 Å². The smallest absolute Gasteiger partial charge is 0.0670 e. The molecule has 26 heavy (non-hydrogen) atoms. The number of piperazine rings is 1. The minimum atomic E-state index is 0.286. The van der Waals surface area contributed by atoms with Crippen molar-refractivity contribution in [1.29, 1.82) is 0 Å². The quantitative estimate of drug-likeness (QED) is 0.598. The van der Waals surface area contributed by atoms with Gasteiger partial charge in [-0.15, -0.1) is 0 Å². The van der Waals surface area contributed by atoms with Crippen LogP contribution in [0, 0.1) is 12.8 Å². The van der Waals surface area contributed by atoms with Crippen LogP contribution in [0.5, 0.6) is 0 Å². The summed E-state index contributed by atoms with van der Waals surface area (Å²) in [7, 11) is 0. The molecule has 1 unspecified atom stereocenters. The Kier molecular flexibility index (Phi) is 6.50. The molecule has 1 fully saturated rings. The molecule has 0 saturated carbocycles. The summed E-state index contributed by atoms with van der Waals surface area (Å²) in [6, 6.07) is 14.9. The van der Waals surface area contributed by atoms with E-state index in [1.165, 1.54) is 17.5 Å². The van der Waals surface area contributed by atoms with Crippen molar-refractivity contribution in [1.82, 2.24) is 4.90 Å². The molecule has 140 valence electrons. The van der Waals surface area contributed by atoms with Crippen LogP contribution in [0.3, 0.4) is 0 Å². The highest BCUT2D eigenvalue weighted by Crippen LogP contribution is 2.36. The number of halogens is 2. The maximum Gasteiger partial charge on any atom is 0.0670 e. The molecule has 0 aliphatic carbocycles. The lowest BCUT2D eigenvalue weighted by Crippen LogP contribution is -2.49. The number of benzene rings is 2. The van der Waals surface area contributed by atoms with Gasteiger partial charge in [-0.1, -0.05) is 55.2 Å². The highest BCUT2D eigenvalue weighted by molar-refractivity contribution is 6.33. The molecule has 2 aromatic rings. The maximum atomic E-state index is 6.60. The van der Waals surface area contributed by atoms with Gasteiger partial charge in [0.25, 0.3) is 0 Å². The van der Waals surface area contributed by atoms with Gasteiger partial charge in [0, 0.05) is 24.7 Å². The predicted octanol–water partition coefficient (Wildman–Crippen LogP) is 6.21. The lowest BCUT2D eigenvalue weighted by atomic mass is 10.00. The number of aryl methyl sites for hydroxylation is 1. The Balaban J connectivity index is 1.88. The van der Waals surface area contributed by atoms with E-state index in [2.05, 4.69) is 60.9 Å². The zero-order valence-corrected chi connectivity index (χ0v) is 17.4.